The summed E-state index contributed by atoms with van der Waals surface area (Å²) in [6.45, 7) is 0. The van der Waals surface area contributed by atoms with Crippen molar-refractivity contribution in [1.82, 2.24) is 5.32 Å². The number of hydrogen-bond donors (Lipinski definition) is 2. The van der Waals surface area contributed by atoms with Gasteiger partial charge in [-0.15, -0.1) is 0 Å². The number of amides is 1. The third kappa shape index (κ3) is 2.28. The van der Waals surface area contributed by atoms with Gasteiger partial charge >= 0.3 is 0 Å². The van der Waals surface area contributed by atoms with Crippen molar-refractivity contribution >= 4 is 40.6 Å². The molecule has 1 aromatic carbocycles. The normalized spacial score (nSPS) is 24.6. The number of likely N-dealkylation sites (N-methyl/N-ethyl adjacent to an activating group) is 1. The SMILES string of the molecule is CNC1C(=O)Nc2cc(N(C)C3CCSC3)c(Cl)cc21. The molecule has 0 saturated carbocycles. The Balaban J connectivity index is 1.94. The van der Waals surface area contributed by atoms with Crippen LogP contribution in [0.1, 0.15) is 18.0 Å². The van der Waals surface area contributed by atoms with Gasteiger partial charge in [0.25, 0.3) is 0 Å². The van der Waals surface area contributed by atoms with E-state index in [0.717, 1.165) is 22.7 Å². The summed E-state index contributed by atoms with van der Waals surface area (Å²) in [4.78, 5) is 14.1. The molecule has 2 aliphatic rings. The number of thioether (sulfide) groups is 1. The highest BCUT2D eigenvalue weighted by Gasteiger charge is 2.31. The summed E-state index contributed by atoms with van der Waals surface area (Å²) in [7, 11) is 3.86. The maximum Gasteiger partial charge on any atom is 0.246 e. The Kier molecular flexibility index (Phi) is 3.84. The van der Waals surface area contributed by atoms with Crippen molar-refractivity contribution < 1.29 is 4.79 Å². The molecule has 6 heteroatoms. The average molecular weight is 312 g/mol. The molecule has 1 aromatic rings. The van der Waals surface area contributed by atoms with Crippen molar-refractivity contribution in [3.05, 3.63) is 22.7 Å². The van der Waals surface area contributed by atoms with Crippen LogP contribution in [0.2, 0.25) is 5.02 Å². The van der Waals surface area contributed by atoms with Gasteiger partial charge in [-0.3, -0.25) is 4.79 Å². The number of carbonyl (C=O) groups excluding carboxylic acids is 1. The molecule has 2 aliphatic heterocycles. The summed E-state index contributed by atoms with van der Waals surface area (Å²) in [5, 5.41) is 6.64. The first-order valence-corrected chi connectivity index (χ1v) is 8.27. The number of nitrogens with one attached hydrogen (secondary N) is 2. The Labute approximate surface area is 128 Å². The maximum absolute atomic E-state index is 11.9. The lowest BCUT2D eigenvalue weighted by Crippen LogP contribution is -2.31. The molecule has 1 saturated heterocycles. The minimum atomic E-state index is -0.302. The van der Waals surface area contributed by atoms with Crippen LogP contribution in [-0.2, 0) is 4.79 Å². The fraction of sp³-hybridized carbons (Fsp3) is 0.500. The summed E-state index contributed by atoms with van der Waals surface area (Å²) in [6.07, 6.45) is 1.18. The number of fused-ring (bicyclic) bond motifs is 1. The topological polar surface area (TPSA) is 44.4 Å². The molecule has 2 unspecified atom stereocenters. The standard InChI is InChI=1S/C14H18ClN3OS/c1-16-13-9-5-10(15)12(6-11(9)17-14(13)19)18(2)8-3-4-20-7-8/h5-6,8,13,16H,3-4,7H2,1-2H3,(H,17,19). The van der Waals surface area contributed by atoms with Crippen LogP contribution >= 0.6 is 23.4 Å². The van der Waals surface area contributed by atoms with Crippen LogP contribution in [0.5, 0.6) is 0 Å². The first-order chi connectivity index (χ1) is 9.61. The van der Waals surface area contributed by atoms with Crippen LogP contribution in [0.3, 0.4) is 0 Å². The van der Waals surface area contributed by atoms with E-state index in [0.29, 0.717) is 11.1 Å². The number of carbonyl (C=O) groups is 1. The summed E-state index contributed by atoms with van der Waals surface area (Å²) in [5.41, 5.74) is 2.79. The highest BCUT2D eigenvalue weighted by Crippen LogP contribution is 2.40. The minimum Gasteiger partial charge on any atom is -0.369 e. The third-order valence-corrected chi connectivity index (χ3v) is 5.52. The molecule has 108 valence electrons. The number of hydrogen-bond acceptors (Lipinski definition) is 4. The van der Waals surface area contributed by atoms with Gasteiger partial charge < -0.3 is 15.5 Å². The molecule has 0 radical (unpaired) electrons. The monoisotopic (exact) mass is 311 g/mol. The lowest BCUT2D eigenvalue weighted by molar-refractivity contribution is -0.117. The fourth-order valence-electron chi connectivity index (χ4n) is 2.85. The highest BCUT2D eigenvalue weighted by atomic mass is 35.5. The van der Waals surface area contributed by atoms with E-state index in [-0.39, 0.29) is 11.9 Å². The van der Waals surface area contributed by atoms with E-state index < -0.39 is 0 Å². The van der Waals surface area contributed by atoms with Crippen LogP contribution in [0.25, 0.3) is 0 Å². The van der Waals surface area contributed by atoms with Crippen molar-refractivity contribution in [2.45, 2.75) is 18.5 Å². The summed E-state index contributed by atoms with van der Waals surface area (Å²) >= 11 is 8.41. The number of halogens is 1. The fourth-order valence-corrected chi connectivity index (χ4v) is 4.42. The molecular weight excluding hydrogens is 294 g/mol. The first kappa shape index (κ1) is 14.0. The molecular formula is C14H18ClN3OS. The second-order valence-corrected chi connectivity index (χ2v) is 6.79. The van der Waals surface area contributed by atoms with Crippen molar-refractivity contribution in [2.75, 3.05) is 35.8 Å². The second-order valence-electron chi connectivity index (χ2n) is 5.23. The molecule has 0 aromatic heterocycles. The molecule has 3 rings (SSSR count). The molecule has 4 nitrogen and oxygen atoms in total. The van der Waals surface area contributed by atoms with Crippen LogP contribution < -0.4 is 15.5 Å². The number of nitrogens with zero attached hydrogens (tertiary/aromatic N) is 1. The van der Waals surface area contributed by atoms with Gasteiger partial charge in [-0.2, -0.15) is 11.8 Å². The highest BCUT2D eigenvalue weighted by molar-refractivity contribution is 7.99. The quantitative estimate of drug-likeness (QED) is 0.900. The van der Waals surface area contributed by atoms with Crippen LogP contribution in [0.4, 0.5) is 11.4 Å². The van der Waals surface area contributed by atoms with Crippen LogP contribution in [0.15, 0.2) is 12.1 Å². The second kappa shape index (κ2) is 5.47. The van der Waals surface area contributed by atoms with E-state index in [1.54, 1.807) is 7.05 Å². The molecule has 2 heterocycles. The van der Waals surface area contributed by atoms with E-state index in [2.05, 4.69) is 22.6 Å². The maximum atomic E-state index is 11.9. The van der Waals surface area contributed by atoms with Gasteiger partial charge in [0, 0.05) is 30.1 Å². The average Bonchev–Trinajstić information content (AvgIpc) is 3.04. The molecule has 1 amide bonds. The van der Waals surface area contributed by atoms with Crippen LogP contribution in [0, 0.1) is 0 Å². The van der Waals surface area contributed by atoms with Gasteiger partial charge in [-0.05, 0) is 31.4 Å². The predicted octanol–water partition coefficient (Wildman–Crippen LogP) is 2.49. The molecule has 2 N–H and O–H groups in total. The number of benzene rings is 1. The van der Waals surface area contributed by atoms with Gasteiger partial charge in [0.05, 0.1) is 10.7 Å². The van der Waals surface area contributed by atoms with E-state index in [1.807, 2.05) is 23.9 Å². The van der Waals surface area contributed by atoms with Crippen LogP contribution in [-0.4, -0.2) is 37.6 Å². The minimum absolute atomic E-state index is 0.0187. The Hall–Kier alpha value is -0.910. The zero-order valence-corrected chi connectivity index (χ0v) is 13.1. The smallest absolute Gasteiger partial charge is 0.246 e. The Morgan fingerprint density at radius 2 is 2.30 bits per heavy atom. The van der Waals surface area contributed by atoms with Gasteiger partial charge in [0.1, 0.15) is 6.04 Å². The Morgan fingerprint density at radius 1 is 1.50 bits per heavy atom. The van der Waals surface area contributed by atoms with Gasteiger partial charge in [-0.1, -0.05) is 11.6 Å². The van der Waals surface area contributed by atoms with Gasteiger partial charge in [-0.25, -0.2) is 0 Å². The lowest BCUT2D eigenvalue weighted by Gasteiger charge is -2.27. The summed E-state index contributed by atoms with van der Waals surface area (Å²) in [6, 6.07) is 4.12. The van der Waals surface area contributed by atoms with E-state index in [1.165, 1.54) is 12.2 Å². The zero-order chi connectivity index (χ0) is 14.3. The lowest BCUT2D eigenvalue weighted by atomic mass is 10.1. The van der Waals surface area contributed by atoms with E-state index >= 15 is 0 Å². The predicted molar refractivity (Wildman–Crippen MR) is 86.0 cm³/mol. The molecule has 2 atom stereocenters. The largest absolute Gasteiger partial charge is 0.369 e. The van der Waals surface area contributed by atoms with Gasteiger partial charge in [0.15, 0.2) is 0 Å². The molecule has 0 aliphatic carbocycles. The zero-order valence-electron chi connectivity index (χ0n) is 11.6. The molecule has 0 spiro atoms. The first-order valence-electron chi connectivity index (χ1n) is 6.74. The number of rotatable bonds is 3. The molecule has 1 fully saturated rings. The van der Waals surface area contributed by atoms with Gasteiger partial charge in [0.2, 0.25) is 5.91 Å². The van der Waals surface area contributed by atoms with Crippen molar-refractivity contribution in [2.24, 2.45) is 0 Å². The van der Waals surface area contributed by atoms with E-state index in [4.69, 9.17) is 11.6 Å². The molecule has 0 bridgehead atoms. The van der Waals surface area contributed by atoms with Crippen molar-refractivity contribution in [3.8, 4) is 0 Å². The Morgan fingerprint density at radius 3 is 2.95 bits per heavy atom. The Bertz CT molecular complexity index is 545. The number of anilines is 2. The summed E-state index contributed by atoms with van der Waals surface area (Å²) in [5.74, 6) is 2.32. The van der Waals surface area contributed by atoms with Crippen molar-refractivity contribution in [1.29, 1.82) is 0 Å². The molecule has 20 heavy (non-hydrogen) atoms. The van der Waals surface area contributed by atoms with E-state index in [9.17, 15) is 4.79 Å². The summed E-state index contributed by atoms with van der Waals surface area (Å²) < 4.78 is 0. The van der Waals surface area contributed by atoms with Crippen molar-refractivity contribution in [3.63, 3.8) is 0 Å². The third-order valence-electron chi connectivity index (χ3n) is 4.07.